The Bertz CT molecular complexity index is 1240. The van der Waals surface area contributed by atoms with E-state index in [9.17, 15) is 5.11 Å². The molecule has 0 aliphatic rings. The Labute approximate surface area is 190 Å². The maximum atomic E-state index is 9.87. The normalized spacial score (nSPS) is 11.7. The zero-order valence-corrected chi connectivity index (χ0v) is 18.0. The van der Waals surface area contributed by atoms with Gasteiger partial charge in [-0.2, -0.15) is 5.10 Å². The van der Waals surface area contributed by atoms with E-state index in [0.29, 0.717) is 41.1 Å². The summed E-state index contributed by atoms with van der Waals surface area (Å²) in [6, 6.07) is 21.1. The van der Waals surface area contributed by atoms with Gasteiger partial charge >= 0.3 is 0 Å². The van der Waals surface area contributed by atoms with E-state index in [1.165, 1.54) is 0 Å². The average molecular weight is 451 g/mol. The molecule has 0 radical (unpaired) electrons. The van der Waals surface area contributed by atoms with Crippen molar-refractivity contribution in [2.75, 3.05) is 0 Å². The summed E-state index contributed by atoms with van der Waals surface area (Å²) in [5.41, 5.74) is 6.77. The van der Waals surface area contributed by atoms with Gasteiger partial charge in [0.1, 0.15) is 24.8 Å². The van der Waals surface area contributed by atoms with Gasteiger partial charge in [-0.1, -0.05) is 66.2 Å². The minimum absolute atomic E-state index is 0.203. The first-order chi connectivity index (χ1) is 15.6. The van der Waals surface area contributed by atoms with E-state index in [2.05, 4.69) is 15.5 Å². The van der Waals surface area contributed by atoms with Crippen molar-refractivity contribution < 1.29 is 9.84 Å². The Morgan fingerprint density at radius 1 is 1.09 bits per heavy atom. The molecule has 3 aromatic carbocycles. The number of aliphatic hydroxyl groups excluding tert-OH is 1. The van der Waals surface area contributed by atoms with E-state index in [1.54, 1.807) is 6.07 Å². The molecule has 1 aromatic heterocycles. The number of benzene rings is 3. The van der Waals surface area contributed by atoms with Gasteiger partial charge in [0, 0.05) is 18.2 Å². The Balaban J connectivity index is 1.64. The molecular formula is C23H23ClN6O2. The van der Waals surface area contributed by atoms with Crippen LogP contribution in [0.3, 0.4) is 0 Å². The summed E-state index contributed by atoms with van der Waals surface area (Å²) >= 11 is 6.43. The maximum Gasteiger partial charge on any atom is 0.166 e. The van der Waals surface area contributed by atoms with Crippen molar-refractivity contribution in [3.05, 3.63) is 94.3 Å². The van der Waals surface area contributed by atoms with Gasteiger partial charge in [0.2, 0.25) is 0 Å². The van der Waals surface area contributed by atoms with E-state index in [4.69, 9.17) is 28.0 Å². The summed E-state index contributed by atoms with van der Waals surface area (Å²) < 4.78 is 7.91. The first kappa shape index (κ1) is 21.6. The second-order valence-corrected chi connectivity index (χ2v) is 7.54. The van der Waals surface area contributed by atoms with Crippen LogP contribution in [-0.4, -0.2) is 20.5 Å². The van der Waals surface area contributed by atoms with Gasteiger partial charge in [-0.15, -0.1) is 0 Å². The molecule has 0 bridgehead atoms. The first-order valence-electron chi connectivity index (χ1n) is 9.93. The molecule has 0 saturated heterocycles. The van der Waals surface area contributed by atoms with Crippen LogP contribution in [0.4, 0.5) is 0 Å². The lowest BCUT2D eigenvalue weighted by atomic mass is 10.1. The van der Waals surface area contributed by atoms with E-state index < -0.39 is 0 Å². The summed E-state index contributed by atoms with van der Waals surface area (Å²) in [5, 5.41) is 14.0. The van der Waals surface area contributed by atoms with Crippen molar-refractivity contribution >= 4 is 28.5 Å². The summed E-state index contributed by atoms with van der Waals surface area (Å²) in [6.45, 7) is 0.692. The topological polar surface area (TPSA) is 124 Å². The highest BCUT2D eigenvalue weighted by Gasteiger charge is 2.15. The second kappa shape index (κ2) is 9.69. The Morgan fingerprint density at radius 2 is 1.84 bits per heavy atom. The van der Waals surface area contributed by atoms with Crippen LogP contribution >= 0.6 is 11.6 Å². The van der Waals surface area contributed by atoms with Gasteiger partial charge in [-0.25, -0.2) is 10.8 Å². The third-order valence-corrected chi connectivity index (χ3v) is 5.39. The average Bonchev–Trinajstić information content (AvgIpc) is 3.16. The maximum absolute atomic E-state index is 9.87. The van der Waals surface area contributed by atoms with E-state index in [-0.39, 0.29) is 6.61 Å². The highest BCUT2D eigenvalue weighted by atomic mass is 35.5. The smallest absolute Gasteiger partial charge is 0.166 e. The summed E-state index contributed by atoms with van der Waals surface area (Å²) in [4.78, 5) is 4.53. The molecule has 0 atom stereocenters. The van der Waals surface area contributed by atoms with Gasteiger partial charge in [0.15, 0.2) is 5.84 Å². The lowest BCUT2D eigenvalue weighted by Crippen LogP contribution is -2.32. The zero-order chi connectivity index (χ0) is 22.5. The van der Waals surface area contributed by atoms with Crippen LogP contribution in [0.25, 0.3) is 11.0 Å². The highest BCUT2D eigenvalue weighted by Crippen LogP contribution is 2.31. The van der Waals surface area contributed by atoms with Gasteiger partial charge in [0.05, 0.1) is 16.1 Å². The number of nitrogens with two attached hydrogens (primary N) is 2. The quantitative estimate of drug-likeness (QED) is 0.148. The lowest BCUT2D eigenvalue weighted by molar-refractivity contribution is 0.267. The minimum Gasteiger partial charge on any atom is -0.487 e. The van der Waals surface area contributed by atoms with Crippen LogP contribution < -0.4 is 21.8 Å². The molecule has 164 valence electrons. The third-order valence-electron chi connectivity index (χ3n) is 5.09. The molecule has 0 amide bonds. The van der Waals surface area contributed by atoms with E-state index in [0.717, 1.165) is 22.2 Å². The highest BCUT2D eigenvalue weighted by molar-refractivity contribution is 6.32. The first-order valence-corrected chi connectivity index (χ1v) is 10.3. The van der Waals surface area contributed by atoms with Crippen molar-refractivity contribution in [2.24, 2.45) is 16.8 Å². The molecule has 6 N–H and O–H groups in total. The van der Waals surface area contributed by atoms with Crippen LogP contribution in [0.2, 0.25) is 5.02 Å². The third kappa shape index (κ3) is 4.52. The molecule has 9 heteroatoms. The largest absolute Gasteiger partial charge is 0.487 e. The van der Waals surface area contributed by atoms with Crippen LogP contribution in [0.5, 0.6) is 5.75 Å². The lowest BCUT2D eigenvalue weighted by Gasteiger charge is -2.12. The van der Waals surface area contributed by atoms with Gasteiger partial charge in [-0.05, 0) is 17.2 Å². The molecule has 0 aliphatic carbocycles. The number of aliphatic hydroxyl groups is 1. The fraction of sp³-hybridized carbons (Fsp3) is 0.130. The monoisotopic (exact) mass is 450 g/mol. The summed E-state index contributed by atoms with van der Waals surface area (Å²) in [6.07, 6.45) is 0. The standard InChI is InChI=1S/C23H23ClN6O2/c24-18-10-19-20(11-21(18)32-14-16-4-2-1-3-5-16)30(22(13-31)27-19)12-15-6-8-17(9-7-15)23(28-25)29-26/h1-11,31H,12-14,25-26H2,(H,28,29). The number of hydrazine groups is 1. The number of hydrogen-bond donors (Lipinski definition) is 4. The Hall–Kier alpha value is -3.59. The predicted molar refractivity (Wildman–Crippen MR) is 125 cm³/mol. The van der Waals surface area contributed by atoms with Crippen molar-refractivity contribution in [2.45, 2.75) is 19.8 Å². The minimum atomic E-state index is -0.203. The molecule has 0 saturated carbocycles. The number of nitrogens with one attached hydrogen (secondary N) is 1. The van der Waals surface area contributed by atoms with Gasteiger partial charge in [0.25, 0.3) is 0 Å². The number of ether oxygens (including phenoxy) is 1. The molecule has 32 heavy (non-hydrogen) atoms. The van der Waals surface area contributed by atoms with Crippen molar-refractivity contribution in [1.82, 2.24) is 15.0 Å². The molecular weight excluding hydrogens is 428 g/mol. The van der Waals surface area contributed by atoms with Crippen LogP contribution in [0.15, 0.2) is 71.8 Å². The van der Waals surface area contributed by atoms with Crippen LogP contribution in [0, 0.1) is 0 Å². The SMILES string of the molecule is N/N=C(\NN)c1ccc(Cn2c(CO)nc3cc(Cl)c(OCc4ccccc4)cc32)cc1. The molecule has 0 fully saturated rings. The van der Waals surface area contributed by atoms with E-state index >= 15 is 0 Å². The molecule has 4 rings (SSSR count). The molecule has 0 aliphatic heterocycles. The number of aromatic nitrogens is 2. The summed E-state index contributed by atoms with van der Waals surface area (Å²) in [5.74, 6) is 12.2. The molecule has 0 unspecified atom stereocenters. The molecule has 8 nitrogen and oxygen atoms in total. The Morgan fingerprint density at radius 3 is 2.50 bits per heavy atom. The molecule has 4 aromatic rings. The van der Waals surface area contributed by atoms with Crippen LogP contribution in [-0.2, 0) is 19.8 Å². The van der Waals surface area contributed by atoms with Crippen molar-refractivity contribution in [3.8, 4) is 5.75 Å². The second-order valence-electron chi connectivity index (χ2n) is 7.14. The number of fused-ring (bicyclic) bond motifs is 1. The number of nitrogens with zero attached hydrogens (tertiary/aromatic N) is 3. The molecule has 0 spiro atoms. The van der Waals surface area contributed by atoms with Crippen LogP contribution in [0.1, 0.15) is 22.5 Å². The number of hydrazone groups is 1. The van der Waals surface area contributed by atoms with Crippen molar-refractivity contribution in [3.63, 3.8) is 0 Å². The fourth-order valence-corrected chi connectivity index (χ4v) is 3.68. The number of halogens is 1. The van der Waals surface area contributed by atoms with Crippen molar-refractivity contribution in [1.29, 1.82) is 0 Å². The number of hydrogen-bond acceptors (Lipinski definition) is 6. The summed E-state index contributed by atoms with van der Waals surface area (Å²) in [7, 11) is 0. The fourth-order valence-electron chi connectivity index (χ4n) is 3.47. The van der Waals surface area contributed by atoms with E-state index in [1.807, 2.05) is 65.2 Å². The molecule has 1 heterocycles. The van der Waals surface area contributed by atoms with Gasteiger partial charge < -0.3 is 25.7 Å². The number of amidine groups is 1. The zero-order valence-electron chi connectivity index (χ0n) is 17.2. The predicted octanol–water partition coefficient (Wildman–Crippen LogP) is 2.89. The number of rotatable bonds is 7. The van der Waals surface area contributed by atoms with Gasteiger partial charge in [-0.3, -0.25) is 0 Å². The Kier molecular flexibility index (Phi) is 6.55. The number of imidazole rings is 1.